The van der Waals surface area contributed by atoms with Gasteiger partial charge in [0.25, 0.3) is 0 Å². The number of ether oxygens (including phenoxy) is 1. The molecule has 1 atom stereocenters. The third-order valence-electron chi connectivity index (χ3n) is 3.90. The van der Waals surface area contributed by atoms with E-state index in [4.69, 9.17) is 4.74 Å². The minimum absolute atomic E-state index is 0.411. The second kappa shape index (κ2) is 6.75. The van der Waals surface area contributed by atoms with Crippen molar-refractivity contribution in [3.8, 4) is 0 Å². The lowest BCUT2D eigenvalue weighted by atomic mass is 10.1. The van der Waals surface area contributed by atoms with E-state index in [1.54, 1.807) is 7.11 Å². The van der Waals surface area contributed by atoms with Crippen LogP contribution in [0.5, 0.6) is 0 Å². The first-order valence-electron chi connectivity index (χ1n) is 7.72. The number of hydrogen-bond donors (Lipinski definition) is 1. The van der Waals surface area contributed by atoms with Crippen LogP contribution in [0.4, 0.5) is 17.5 Å². The molecule has 5 heteroatoms. The lowest BCUT2D eigenvalue weighted by molar-refractivity contribution is 0.197. The minimum atomic E-state index is 0.411. The van der Waals surface area contributed by atoms with Crippen molar-refractivity contribution < 1.29 is 4.74 Å². The van der Waals surface area contributed by atoms with Gasteiger partial charge in [-0.05, 0) is 37.5 Å². The number of hydrogen-bond acceptors (Lipinski definition) is 5. The lowest BCUT2D eigenvalue weighted by Crippen LogP contribution is -2.25. The van der Waals surface area contributed by atoms with Crippen molar-refractivity contribution in [2.75, 3.05) is 30.5 Å². The van der Waals surface area contributed by atoms with Gasteiger partial charge < -0.3 is 15.0 Å². The van der Waals surface area contributed by atoms with Crippen LogP contribution in [-0.2, 0) is 11.2 Å². The Morgan fingerprint density at radius 3 is 3.05 bits per heavy atom. The summed E-state index contributed by atoms with van der Waals surface area (Å²) in [6.45, 7) is 3.78. The molecule has 22 heavy (non-hydrogen) atoms. The van der Waals surface area contributed by atoms with Gasteiger partial charge in [-0.25, -0.2) is 4.98 Å². The first-order valence-corrected chi connectivity index (χ1v) is 7.72. The first kappa shape index (κ1) is 14.8. The fourth-order valence-electron chi connectivity index (χ4n) is 2.90. The van der Waals surface area contributed by atoms with Gasteiger partial charge in [0.1, 0.15) is 5.82 Å². The van der Waals surface area contributed by atoms with Gasteiger partial charge in [-0.3, -0.25) is 0 Å². The van der Waals surface area contributed by atoms with Gasteiger partial charge in [-0.15, -0.1) is 0 Å². The standard InChI is InChI=1S/C17H22N4O/c1-13-12-14-6-3-4-7-15(14)21(13)16-8-10-19-17(20-16)18-9-5-11-22-2/h3-4,6-8,10,13H,5,9,11-12H2,1-2H3,(H,18,19,20). The molecule has 1 aromatic carbocycles. The molecule has 0 fully saturated rings. The summed E-state index contributed by atoms with van der Waals surface area (Å²) in [6, 6.07) is 10.9. The SMILES string of the molecule is COCCCNc1nccc(N2c3ccccc3CC2C)n1. The Bertz CT molecular complexity index is 632. The molecule has 1 N–H and O–H groups in total. The third-order valence-corrected chi connectivity index (χ3v) is 3.90. The normalized spacial score (nSPS) is 16.6. The van der Waals surface area contributed by atoms with E-state index in [-0.39, 0.29) is 0 Å². The van der Waals surface area contributed by atoms with E-state index < -0.39 is 0 Å². The van der Waals surface area contributed by atoms with E-state index in [1.807, 2.05) is 12.3 Å². The van der Waals surface area contributed by atoms with Gasteiger partial charge in [-0.2, -0.15) is 4.98 Å². The van der Waals surface area contributed by atoms with Gasteiger partial charge in [0, 0.05) is 38.2 Å². The molecule has 0 aliphatic carbocycles. The zero-order chi connectivity index (χ0) is 15.4. The molecule has 1 aliphatic rings. The number of anilines is 3. The summed E-state index contributed by atoms with van der Waals surface area (Å²) < 4.78 is 5.05. The highest BCUT2D eigenvalue weighted by Gasteiger charge is 2.27. The summed E-state index contributed by atoms with van der Waals surface area (Å²) in [6.07, 6.45) is 3.80. The number of para-hydroxylation sites is 1. The molecule has 2 heterocycles. The molecule has 5 nitrogen and oxygen atoms in total. The molecule has 2 aromatic rings. The molecule has 0 spiro atoms. The molecule has 1 aliphatic heterocycles. The average Bonchev–Trinajstić information content (AvgIpc) is 2.87. The van der Waals surface area contributed by atoms with E-state index in [0.29, 0.717) is 12.0 Å². The molecule has 3 rings (SSSR count). The zero-order valence-corrected chi connectivity index (χ0v) is 13.1. The molecule has 0 bridgehead atoms. The summed E-state index contributed by atoms with van der Waals surface area (Å²) in [5, 5.41) is 3.25. The van der Waals surface area contributed by atoms with Gasteiger partial charge >= 0.3 is 0 Å². The van der Waals surface area contributed by atoms with Gasteiger partial charge in [0.2, 0.25) is 5.95 Å². The summed E-state index contributed by atoms with van der Waals surface area (Å²) in [4.78, 5) is 11.3. The largest absolute Gasteiger partial charge is 0.385 e. The number of methoxy groups -OCH3 is 1. The Morgan fingerprint density at radius 2 is 2.18 bits per heavy atom. The van der Waals surface area contributed by atoms with E-state index in [2.05, 4.69) is 51.4 Å². The molecule has 0 saturated heterocycles. The van der Waals surface area contributed by atoms with Crippen molar-refractivity contribution in [3.05, 3.63) is 42.1 Å². The smallest absolute Gasteiger partial charge is 0.224 e. The second-order valence-electron chi connectivity index (χ2n) is 5.56. The Labute approximate surface area is 131 Å². The Morgan fingerprint density at radius 1 is 1.32 bits per heavy atom. The van der Waals surface area contributed by atoms with Crippen molar-refractivity contribution in [3.63, 3.8) is 0 Å². The van der Waals surface area contributed by atoms with Gasteiger partial charge in [-0.1, -0.05) is 18.2 Å². The maximum Gasteiger partial charge on any atom is 0.224 e. The van der Waals surface area contributed by atoms with Gasteiger partial charge in [0.15, 0.2) is 0 Å². The van der Waals surface area contributed by atoms with Crippen LogP contribution < -0.4 is 10.2 Å². The van der Waals surface area contributed by atoms with Crippen molar-refractivity contribution >= 4 is 17.5 Å². The Hall–Kier alpha value is -2.14. The fourth-order valence-corrected chi connectivity index (χ4v) is 2.90. The van der Waals surface area contributed by atoms with E-state index in [0.717, 1.165) is 31.8 Å². The molecule has 0 saturated carbocycles. The topological polar surface area (TPSA) is 50.3 Å². The summed E-state index contributed by atoms with van der Waals surface area (Å²) in [7, 11) is 1.71. The molecule has 0 amide bonds. The number of nitrogens with one attached hydrogen (secondary N) is 1. The van der Waals surface area contributed by atoms with E-state index in [1.165, 1.54) is 11.3 Å². The van der Waals surface area contributed by atoms with E-state index >= 15 is 0 Å². The van der Waals surface area contributed by atoms with Gasteiger partial charge in [0.05, 0.1) is 0 Å². The Balaban J connectivity index is 1.77. The summed E-state index contributed by atoms with van der Waals surface area (Å²) in [5.41, 5.74) is 2.63. The van der Waals surface area contributed by atoms with Crippen LogP contribution in [0.2, 0.25) is 0 Å². The predicted molar refractivity (Wildman–Crippen MR) is 88.8 cm³/mol. The highest BCUT2D eigenvalue weighted by Crippen LogP contribution is 2.37. The number of nitrogens with zero attached hydrogens (tertiary/aromatic N) is 3. The maximum atomic E-state index is 5.05. The number of benzene rings is 1. The van der Waals surface area contributed by atoms with Crippen molar-refractivity contribution in [2.24, 2.45) is 0 Å². The number of rotatable bonds is 6. The fraction of sp³-hybridized carbons (Fsp3) is 0.412. The third kappa shape index (κ3) is 3.04. The monoisotopic (exact) mass is 298 g/mol. The number of fused-ring (bicyclic) bond motifs is 1. The van der Waals surface area contributed by atoms with Crippen molar-refractivity contribution in [1.82, 2.24) is 9.97 Å². The molecule has 1 aromatic heterocycles. The summed E-state index contributed by atoms with van der Waals surface area (Å²) >= 11 is 0. The lowest BCUT2D eigenvalue weighted by Gasteiger charge is -2.24. The molecule has 116 valence electrons. The zero-order valence-electron chi connectivity index (χ0n) is 13.1. The van der Waals surface area contributed by atoms with Crippen LogP contribution in [0.25, 0.3) is 0 Å². The summed E-state index contributed by atoms with van der Waals surface area (Å²) in [5.74, 6) is 1.62. The quantitative estimate of drug-likeness (QED) is 0.831. The van der Waals surface area contributed by atoms with Crippen LogP contribution in [0.1, 0.15) is 18.9 Å². The highest BCUT2D eigenvalue weighted by molar-refractivity contribution is 5.69. The first-order chi connectivity index (χ1) is 10.8. The van der Waals surface area contributed by atoms with Crippen LogP contribution in [0.15, 0.2) is 36.5 Å². The van der Waals surface area contributed by atoms with Crippen LogP contribution in [0.3, 0.4) is 0 Å². The molecule has 0 radical (unpaired) electrons. The molecule has 1 unspecified atom stereocenters. The number of aromatic nitrogens is 2. The molecular formula is C17H22N4O. The molecular weight excluding hydrogens is 276 g/mol. The second-order valence-corrected chi connectivity index (χ2v) is 5.56. The van der Waals surface area contributed by atoms with Crippen LogP contribution in [0, 0.1) is 0 Å². The average molecular weight is 298 g/mol. The minimum Gasteiger partial charge on any atom is -0.385 e. The maximum absolute atomic E-state index is 5.05. The van der Waals surface area contributed by atoms with Crippen LogP contribution in [-0.4, -0.2) is 36.3 Å². The highest BCUT2D eigenvalue weighted by atomic mass is 16.5. The van der Waals surface area contributed by atoms with E-state index in [9.17, 15) is 0 Å². The Kier molecular flexibility index (Phi) is 4.53. The van der Waals surface area contributed by atoms with Crippen LogP contribution >= 0.6 is 0 Å². The van der Waals surface area contributed by atoms with Crippen molar-refractivity contribution in [2.45, 2.75) is 25.8 Å². The predicted octanol–water partition coefficient (Wildman–Crippen LogP) is 3.01. The van der Waals surface area contributed by atoms with Crippen molar-refractivity contribution in [1.29, 1.82) is 0 Å².